The van der Waals surface area contributed by atoms with Gasteiger partial charge < -0.3 is 13.4 Å². The van der Waals surface area contributed by atoms with Crippen LogP contribution in [0, 0.1) is 0 Å². The van der Waals surface area contributed by atoms with E-state index in [0.29, 0.717) is 0 Å². The van der Waals surface area contributed by atoms with Gasteiger partial charge >= 0.3 is 0 Å². The van der Waals surface area contributed by atoms with E-state index in [4.69, 9.17) is 228 Å². The molecule has 77 heavy (non-hydrogen) atoms. The second kappa shape index (κ2) is 18.1. The molecule has 0 fully saturated rings. The van der Waals surface area contributed by atoms with Gasteiger partial charge in [0.15, 0.2) is 23.1 Å². The zero-order chi connectivity index (χ0) is 56.1. The van der Waals surface area contributed by atoms with Gasteiger partial charge in [-0.3, -0.25) is 0 Å². The Balaban J connectivity index is 1.34. The molecule has 290 valence electrons. The fourth-order valence-corrected chi connectivity index (χ4v) is 10.2. The molecule has 4 heterocycles. The Morgan fingerprint density at radius 3 is 0.935 bits per heavy atom. The summed E-state index contributed by atoms with van der Waals surface area (Å²) < 4.78 is 14.4. The lowest BCUT2D eigenvalue weighted by Gasteiger charge is -2.22. The number of aromatic nitrogens is 4. The maximum Gasteiger partial charge on any atom is 0.164 e. The minimum absolute atomic E-state index is 0.000761. The van der Waals surface area contributed by atoms with Gasteiger partial charge in [-0.2, -0.15) is 0 Å². The molecule has 4 aromatic heterocycles. The molecule has 0 unspecified atom stereocenters. The number of furan rings is 2. The first kappa shape index (κ1) is 53.6. The minimum atomic E-state index is -0.334. The molecule has 0 amide bonds. The number of fused-ring (bicyclic) bond motifs is 9. The van der Waals surface area contributed by atoms with Gasteiger partial charge in [-0.1, -0.05) is 76.5 Å². The van der Waals surface area contributed by atoms with Gasteiger partial charge in [0.05, 0.1) is 5.69 Å². The second-order valence-corrected chi connectivity index (χ2v) is 18.3. The number of hydrogen-bond donors (Lipinski definition) is 0. The molecule has 11 rings (SSSR count). The van der Waals surface area contributed by atoms with Gasteiger partial charge in [-0.05, 0) is 16.2 Å². The molecule has 0 aliphatic heterocycles. The quantitative estimate of drug-likeness (QED) is 0.165. The zero-order valence-corrected chi connectivity index (χ0v) is 40.1. The van der Waals surface area contributed by atoms with Crippen molar-refractivity contribution in [3.05, 3.63) is 0 Å². The Hall–Kier alpha value is -5.36. The molecule has 0 N–H and O–H groups in total. The summed E-state index contributed by atoms with van der Waals surface area (Å²) in [6.45, 7) is 0. The standard InChI is InChI=1S/C45B26N4O2/c46-10-2-3-11(47)21(57)29(65)32(68)37(3)75(36(2)31(67)28(64)20(10)56)38-33(69)25(61)13(49)4-1-7(15(51)26(62)34(70)39(1)77-42(4)38)43-72-44(8-17(53)23(59)27(63)24(60)18(8)54)74-45(73-43)9-16(52)12(48)5-6-14(50)22(58)30(66)35(71)41(6)76-40(5)19(9)55. The van der Waals surface area contributed by atoms with Gasteiger partial charge in [0.2, 0.25) is 0 Å². The third-order valence-electron chi connectivity index (χ3n) is 14.4. The van der Waals surface area contributed by atoms with Crippen molar-refractivity contribution < 1.29 is 8.83 Å². The molecule has 52 radical (unpaired) electrons. The van der Waals surface area contributed by atoms with Crippen LogP contribution in [0.4, 0.5) is 0 Å². The number of benzene rings is 7. The predicted molar refractivity (Wildman–Crippen MR) is 345 cm³/mol. The van der Waals surface area contributed by atoms with Gasteiger partial charge in [0.25, 0.3) is 0 Å². The largest absolute Gasteiger partial charge is 0.457 e. The van der Waals surface area contributed by atoms with Crippen LogP contribution in [0.15, 0.2) is 8.83 Å². The Bertz CT molecular complexity index is 4560. The van der Waals surface area contributed by atoms with Crippen LogP contribution in [-0.2, 0) is 0 Å². The summed E-state index contributed by atoms with van der Waals surface area (Å²) in [6.07, 6.45) is 0. The second-order valence-electron chi connectivity index (χ2n) is 18.3. The normalized spacial score (nSPS) is 11.9. The van der Waals surface area contributed by atoms with Crippen molar-refractivity contribution in [1.82, 2.24) is 19.5 Å². The maximum absolute atomic E-state index is 7.03. The first-order valence-corrected chi connectivity index (χ1v) is 22.3. The first-order chi connectivity index (χ1) is 36.1. The molecule has 0 atom stereocenters. The minimum Gasteiger partial charge on any atom is -0.457 e. The molecule has 0 bridgehead atoms. The highest BCUT2D eigenvalue weighted by atomic mass is 16.3. The molecule has 0 saturated heterocycles. The van der Waals surface area contributed by atoms with Crippen molar-refractivity contribution in [3.8, 4) is 39.9 Å². The third kappa shape index (κ3) is 6.96. The topological polar surface area (TPSA) is 69.9 Å². The van der Waals surface area contributed by atoms with Crippen molar-refractivity contribution >= 4 is 412 Å². The van der Waals surface area contributed by atoms with Crippen LogP contribution in [0.2, 0.25) is 0 Å². The summed E-state index contributed by atoms with van der Waals surface area (Å²) in [5.41, 5.74) is -4.39. The van der Waals surface area contributed by atoms with E-state index in [1.807, 2.05) is 0 Å². The van der Waals surface area contributed by atoms with Gasteiger partial charge in [-0.25, -0.2) is 15.0 Å². The van der Waals surface area contributed by atoms with Gasteiger partial charge in [0, 0.05) is 49.3 Å². The molecular formula is C45B26N4O2. The molecule has 6 nitrogen and oxygen atoms in total. The average Bonchev–Trinajstić information content (AvgIpc) is 4.19. The Labute approximate surface area is 476 Å². The van der Waals surface area contributed by atoms with E-state index in [-0.39, 0.29) is 248 Å². The van der Waals surface area contributed by atoms with Crippen molar-refractivity contribution in [2.75, 3.05) is 0 Å². The lowest BCUT2D eigenvalue weighted by molar-refractivity contribution is 0.670. The van der Waals surface area contributed by atoms with Crippen LogP contribution in [0.1, 0.15) is 0 Å². The number of nitrogens with zero attached hydrogens (tertiary/aromatic N) is 4. The van der Waals surface area contributed by atoms with Gasteiger partial charge in [0.1, 0.15) is 221 Å². The molecule has 0 saturated carbocycles. The summed E-state index contributed by atoms with van der Waals surface area (Å²) in [4.78, 5) is 14.5. The van der Waals surface area contributed by atoms with E-state index in [0.717, 1.165) is 0 Å². The highest BCUT2D eigenvalue weighted by Gasteiger charge is 2.31. The predicted octanol–water partition coefficient (Wildman–Crippen LogP) is -19.6. The smallest absolute Gasteiger partial charge is 0.164 e. The van der Waals surface area contributed by atoms with E-state index < -0.39 is 0 Å². The Morgan fingerprint density at radius 1 is 0.208 bits per heavy atom. The van der Waals surface area contributed by atoms with E-state index in [2.05, 4.69) is 0 Å². The summed E-state index contributed by atoms with van der Waals surface area (Å²) in [7, 11) is 173. The molecule has 7 aromatic carbocycles. The van der Waals surface area contributed by atoms with Crippen LogP contribution in [-0.4, -0.2) is 224 Å². The van der Waals surface area contributed by atoms with Crippen molar-refractivity contribution in [3.63, 3.8) is 0 Å². The highest BCUT2D eigenvalue weighted by molar-refractivity contribution is 6.74. The average molecular weight is 910 g/mol. The van der Waals surface area contributed by atoms with Gasteiger partial charge in [-0.15, -0.1) is 60.1 Å². The summed E-state index contributed by atoms with van der Waals surface area (Å²) in [6, 6.07) is 0. The lowest BCUT2D eigenvalue weighted by atomic mass is 9.60. The molecular weight excluding hydrogens is 910 g/mol. The maximum atomic E-state index is 7.03. The zero-order valence-electron chi connectivity index (χ0n) is 40.1. The SMILES string of the molecule is [B]c1c([B])c([B])c(-c2nc(-c3c([B])c([B])c4c(oc5c([B])c([B])c([B])c([B])c54)c3[B])nc(-c3c([B])c([B])c([B])c4oc5c(-n6c7c([B])c([B])c([B])c([B])c7c7c([B])c([B])c([B])c([B])c76)c([B])c([B])c([B])c5c34)n2)c([B])c1[B]. The molecule has 11 aromatic rings. The molecule has 0 spiro atoms. The van der Waals surface area contributed by atoms with Crippen molar-refractivity contribution in [1.29, 1.82) is 0 Å². The molecule has 0 aliphatic rings. The van der Waals surface area contributed by atoms with E-state index in [9.17, 15) is 0 Å². The summed E-state index contributed by atoms with van der Waals surface area (Å²) in [5.74, 6) is -0.975. The van der Waals surface area contributed by atoms with Crippen molar-refractivity contribution in [2.45, 2.75) is 0 Å². The van der Waals surface area contributed by atoms with E-state index in [1.165, 1.54) is 4.57 Å². The summed E-state index contributed by atoms with van der Waals surface area (Å²) in [5, 5.41) is 0.585. The van der Waals surface area contributed by atoms with Crippen LogP contribution in [0.5, 0.6) is 0 Å². The summed E-state index contributed by atoms with van der Waals surface area (Å²) >= 11 is 0. The highest BCUT2D eigenvalue weighted by Crippen LogP contribution is 2.37. The third-order valence-corrected chi connectivity index (χ3v) is 14.4. The molecule has 32 heteroatoms. The van der Waals surface area contributed by atoms with Crippen LogP contribution in [0.3, 0.4) is 0 Å². The number of hydrogen-bond acceptors (Lipinski definition) is 5. The number of rotatable bonds is 4. The molecule has 0 aliphatic carbocycles. The van der Waals surface area contributed by atoms with Crippen molar-refractivity contribution in [2.24, 2.45) is 0 Å². The van der Waals surface area contributed by atoms with Crippen LogP contribution >= 0.6 is 0 Å². The lowest BCUT2D eigenvalue weighted by Crippen LogP contribution is -2.55. The van der Waals surface area contributed by atoms with E-state index in [1.54, 1.807) is 0 Å². The Morgan fingerprint density at radius 2 is 0.468 bits per heavy atom. The monoisotopic (exact) mass is 914 g/mol. The fourth-order valence-electron chi connectivity index (χ4n) is 10.2. The van der Waals surface area contributed by atoms with E-state index >= 15 is 0 Å². The first-order valence-electron chi connectivity index (χ1n) is 22.3. The Kier molecular flexibility index (Phi) is 12.6. The van der Waals surface area contributed by atoms with Crippen LogP contribution < -0.4 is 142 Å². The van der Waals surface area contributed by atoms with Crippen LogP contribution in [0.25, 0.3) is 106 Å². The fraction of sp³-hybridized carbons (Fsp3) is 0.